The van der Waals surface area contributed by atoms with Gasteiger partial charge in [0.15, 0.2) is 0 Å². The normalized spacial score (nSPS) is 26.9. The van der Waals surface area contributed by atoms with Gasteiger partial charge in [-0.05, 0) is 48.8 Å². The van der Waals surface area contributed by atoms with Crippen LogP contribution in [0.25, 0.3) is 0 Å². The smallest absolute Gasteiger partial charge is 0.0406 e. The zero-order chi connectivity index (χ0) is 11.5. The summed E-state index contributed by atoms with van der Waals surface area (Å²) in [5, 5.41) is 0.794. The van der Waals surface area contributed by atoms with Crippen molar-refractivity contribution < 1.29 is 0 Å². The lowest BCUT2D eigenvalue weighted by molar-refractivity contribution is 0.392. The first-order valence-electron chi connectivity index (χ1n) is 6.02. The number of halogens is 1. The maximum Gasteiger partial charge on any atom is 0.0406 e. The Kier molecular flexibility index (Phi) is 3.88. The molecule has 87 valence electrons. The molecule has 2 heteroatoms. The van der Waals surface area contributed by atoms with Gasteiger partial charge in [0, 0.05) is 11.1 Å². The van der Waals surface area contributed by atoms with Crippen LogP contribution >= 0.6 is 11.6 Å². The molecule has 3 atom stereocenters. The molecular formula is C14H19ClN. The van der Waals surface area contributed by atoms with Crippen molar-refractivity contribution >= 4 is 11.6 Å². The van der Waals surface area contributed by atoms with Gasteiger partial charge in [-0.25, -0.2) is 0 Å². The molecule has 0 bridgehead atoms. The van der Waals surface area contributed by atoms with Crippen molar-refractivity contribution in [3.8, 4) is 0 Å². The van der Waals surface area contributed by atoms with E-state index in [2.05, 4.69) is 19.1 Å². The second-order valence-electron chi connectivity index (χ2n) is 4.71. The van der Waals surface area contributed by atoms with Crippen LogP contribution in [0.1, 0.15) is 37.2 Å². The lowest BCUT2D eigenvalue weighted by Crippen LogP contribution is -2.29. The number of hydrogen-bond donors (Lipinski definition) is 1. The second-order valence-corrected chi connectivity index (χ2v) is 5.14. The van der Waals surface area contributed by atoms with Gasteiger partial charge in [0.25, 0.3) is 0 Å². The predicted molar refractivity (Wildman–Crippen MR) is 69.5 cm³/mol. The Balaban J connectivity index is 2.18. The highest BCUT2D eigenvalue weighted by Gasteiger charge is 2.31. The largest absolute Gasteiger partial charge is 0.327 e. The molecule has 1 fully saturated rings. The summed E-state index contributed by atoms with van der Waals surface area (Å²) in [6, 6.07) is 8.49. The Labute approximate surface area is 103 Å². The molecule has 0 amide bonds. The molecule has 1 aromatic carbocycles. The van der Waals surface area contributed by atoms with E-state index in [0.717, 1.165) is 17.9 Å². The van der Waals surface area contributed by atoms with Gasteiger partial charge >= 0.3 is 0 Å². The standard InChI is InChI=1S/C14H19ClN/c1-2-12(13-4-3-5-14(13)16)10-6-8-11(15)9-7-10/h6-9,12-14H,1-5,16H2. The summed E-state index contributed by atoms with van der Waals surface area (Å²) in [5.41, 5.74) is 7.50. The highest BCUT2D eigenvalue weighted by Crippen LogP contribution is 2.38. The first-order chi connectivity index (χ1) is 7.72. The summed E-state index contributed by atoms with van der Waals surface area (Å²) in [7, 11) is 0. The molecule has 2 N–H and O–H groups in total. The van der Waals surface area contributed by atoms with Crippen LogP contribution in [0, 0.1) is 12.8 Å². The fourth-order valence-corrected chi connectivity index (χ4v) is 2.98. The van der Waals surface area contributed by atoms with Gasteiger partial charge in [-0.2, -0.15) is 0 Å². The van der Waals surface area contributed by atoms with E-state index in [1.54, 1.807) is 0 Å². The van der Waals surface area contributed by atoms with E-state index in [9.17, 15) is 0 Å². The van der Waals surface area contributed by atoms with Crippen LogP contribution in [-0.4, -0.2) is 6.04 Å². The highest BCUT2D eigenvalue weighted by atomic mass is 35.5. The van der Waals surface area contributed by atoms with Gasteiger partial charge in [0.1, 0.15) is 0 Å². The van der Waals surface area contributed by atoms with Gasteiger partial charge in [-0.3, -0.25) is 0 Å². The molecule has 1 nitrogen and oxygen atoms in total. The van der Waals surface area contributed by atoms with Crippen LogP contribution in [-0.2, 0) is 0 Å². The van der Waals surface area contributed by atoms with Crippen LogP contribution in [0.2, 0.25) is 5.02 Å². The van der Waals surface area contributed by atoms with Crippen molar-refractivity contribution in [3.05, 3.63) is 41.8 Å². The molecule has 1 radical (unpaired) electrons. The Bertz CT molecular complexity index is 333. The topological polar surface area (TPSA) is 26.0 Å². The fourth-order valence-electron chi connectivity index (χ4n) is 2.85. The number of benzene rings is 1. The lowest BCUT2D eigenvalue weighted by Gasteiger charge is -2.26. The molecule has 0 heterocycles. The van der Waals surface area contributed by atoms with Gasteiger partial charge < -0.3 is 5.73 Å². The molecule has 0 aromatic heterocycles. The quantitative estimate of drug-likeness (QED) is 0.850. The fraction of sp³-hybridized carbons (Fsp3) is 0.500. The summed E-state index contributed by atoms with van der Waals surface area (Å²) >= 11 is 5.91. The molecule has 0 spiro atoms. The average Bonchev–Trinajstić information content (AvgIpc) is 2.69. The van der Waals surface area contributed by atoms with Gasteiger partial charge in [0.2, 0.25) is 0 Å². The minimum absolute atomic E-state index is 0.349. The van der Waals surface area contributed by atoms with E-state index in [0.29, 0.717) is 17.9 Å². The lowest BCUT2D eigenvalue weighted by atomic mass is 9.81. The van der Waals surface area contributed by atoms with Crippen molar-refractivity contribution in [1.82, 2.24) is 0 Å². The minimum Gasteiger partial charge on any atom is -0.327 e. The van der Waals surface area contributed by atoms with E-state index in [-0.39, 0.29) is 0 Å². The van der Waals surface area contributed by atoms with Crippen molar-refractivity contribution in [2.45, 2.75) is 37.6 Å². The summed E-state index contributed by atoms with van der Waals surface area (Å²) in [6.45, 7) is 4.08. The monoisotopic (exact) mass is 236 g/mol. The van der Waals surface area contributed by atoms with E-state index in [1.807, 2.05) is 12.1 Å². The molecule has 0 saturated heterocycles. The summed E-state index contributed by atoms with van der Waals surface area (Å²) in [5.74, 6) is 1.09. The number of hydrogen-bond acceptors (Lipinski definition) is 1. The minimum atomic E-state index is 0.349. The van der Waals surface area contributed by atoms with E-state index in [1.165, 1.54) is 18.4 Å². The van der Waals surface area contributed by atoms with Crippen LogP contribution in [0.3, 0.4) is 0 Å². The summed E-state index contributed by atoms with van der Waals surface area (Å²) in [4.78, 5) is 0. The van der Waals surface area contributed by atoms with Crippen molar-refractivity contribution in [2.75, 3.05) is 0 Å². The SMILES string of the molecule is [CH2]CC(c1ccc(Cl)cc1)C1CCCC1N. The average molecular weight is 237 g/mol. The van der Waals surface area contributed by atoms with E-state index >= 15 is 0 Å². The van der Waals surface area contributed by atoms with Crippen LogP contribution in [0.5, 0.6) is 0 Å². The zero-order valence-electron chi connectivity index (χ0n) is 9.53. The van der Waals surface area contributed by atoms with Gasteiger partial charge in [0.05, 0.1) is 0 Å². The first kappa shape index (κ1) is 11.9. The highest BCUT2D eigenvalue weighted by molar-refractivity contribution is 6.30. The maximum atomic E-state index is 6.17. The predicted octanol–water partition coefficient (Wildman–Crippen LogP) is 3.78. The summed E-state index contributed by atoms with van der Waals surface area (Å²) in [6.07, 6.45) is 4.58. The molecule has 16 heavy (non-hydrogen) atoms. The number of rotatable bonds is 3. The Morgan fingerprint density at radius 3 is 2.50 bits per heavy atom. The zero-order valence-corrected chi connectivity index (χ0v) is 10.3. The van der Waals surface area contributed by atoms with Crippen molar-refractivity contribution in [1.29, 1.82) is 0 Å². The van der Waals surface area contributed by atoms with E-state index in [4.69, 9.17) is 17.3 Å². The van der Waals surface area contributed by atoms with Crippen molar-refractivity contribution in [3.63, 3.8) is 0 Å². The molecule has 1 aliphatic carbocycles. The first-order valence-corrected chi connectivity index (χ1v) is 6.40. The molecule has 2 rings (SSSR count). The van der Waals surface area contributed by atoms with Gasteiger partial charge in [-0.1, -0.05) is 37.1 Å². The molecule has 1 saturated carbocycles. The Morgan fingerprint density at radius 2 is 2.00 bits per heavy atom. The van der Waals surface area contributed by atoms with Gasteiger partial charge in [-0.15, -0.1) is 0 Å². The second kappa shape index (κ2) is 5.20. The molecule has 3 unspecified atom stereocenters. The third-order valence-electron chi connectivity index (χ3n) is 3.75. The maximum absolute atomic E-state index is 6.17. The third-order valence-corrected chi connectivity index (χ3v) is 4.00. The molecular weight excluding hydrogens is 218 g/mol. The van der Waals surface area contributed by atoms with Crippen LogP contribution < -0.4 is 5.73 Å². The van der Waals surface area contributed by atoms with Crippen LogP contribution in [0.4, 0.5) is 0 Å². The summed E-state index contributed by atoms with van der Waals surface area (Å²) < 4.78 is 0. The molecule has 1 aromatic rings. The van der Waals surface area contributed by atoms with Crippen molar-refractivity contribution in [2.24, 2.45) is 11.7 Å². The molecule has 1 aliphatic rings. The van der Waals surface area contributed by atoms with Crippen LogP contribution in [0.15, 0.2) is 24.3 Å². The molecule has 0 aliphatic heterocycles. The van der Waals surface area contributed by atoms with E-state index < -0.39 is 0 Å². The Morgan fingerprint density at radius 1 is 1.31 bits per heavy atom. The Hall–Kier alpha value is -0.530. The number of nitrogens with two attached hydrogens (primary N) is 1. The third kappa shape index (κ3) is 2.41.